The molecule has 1 N–H and O–H groups in total. The van der Waals surface area contributed by atoms with Gasteiger partial charge in [0.25, 0.3) is 5.91 Å². The van der Waals surface area contributed by atoms with Crippen LogP contribution >= 0.6 is 11.6 Å². The summed E-state index contributed by atoms with van der Waals surface area (Å²) < 4.78 is 5.26. The lowest BCUT2D eigenvalue weighted by Gasteiger charge is -2.23. The highest BCUT2D eigenvalue weighted by molar-refractivity contribution is 6.29. The first-order chi connectivity index (χ1) is 8.75. The van der Waals surface area contributed by atoms with Gasteiger partial charge in [0.1, 0.15) is 5.15 Å². The molecule has 0 aliphatic carbocycles. The average Bonchev–Trinajstić information content (AvgIpc) is 2.35. The molecule has 1 amide bonds. The molecule has 0 bridgehead atoms. The van der Waals surface area contributed by atoms with Crippen molar-refractivity contribution in [2.75, 3.05) is 13.7 Å². The van der Waals surface area contributed by atoms with Crippen LogP contribution in [-0.2, 0) is 4.74 Å². The van der Waals surface area contributed by atoms with Crippen LogP contribution in [0.1, 0.15) is 49.7 Å². The van der Waals surface area contributed by atoms with Gasteiger partial charge in [0.2, 0.25) is 0 Å². The van der Waals surface area contributed by atoms with Crippen LogP contribution in [0.15, 0.2) is 12.1 Å². The summed E-state index contributed by atoms with van der Waals surface area (Å²) in [4.78, 5) is 16.3. The van der Waals surface area contributed by atoms with Crippen LogP contribution in [0.4, 0.5) is 0 Å². The quantitative estimate of drug-likeness (QED) is 0.846. The van der Waals surface area contributed by atoms with Gasteiger partial charge in [-0.1, -0.05) is 25.4 Å². The minimum atomic E-state index is -0.395. The fourth-order valence-electron chi connectivity index (χ4n) is 1.41. The number of aromatic nitrogens is 1. The van der Waals surface area contributed by atoms with Gasteiger partial charge in [-0.2, -0.15) is 0 Å². The number of hydrogen-bond donors (Lipinski definition) is 1. The largest absolute Gasteiger partial charge is 0.377 e. The second-order valence-electron chi connectivity index (χ2n) is 5.40. The Hall–Kier alpha value is -1.13. The number of amides is 1. The zero-order valence-corrected chi connectivity index (χ0v) is 12.8. The van der Waals surface area contributed by atoms with Crippen molar-refractivity contribution in [3.8, 4) is 0 Å². The molecule has 0 spiro atoms. The van der Waals surface area contributed by atoms with E-state index in [-0.39, 0.29) is 11.8 Å². The molecule has 0 aromatic carbocycles. The van der Waals surface area contributed by atoms with Crippen molar-refractivity contribution in [3.05, 3.63) is 28.5 Å². The number of ether oxygens (including phenoxy) is 1. The molecule has 106 valence electrons. The zero-order valence-electron chi connectivity index (χ0n) is 12.1. The molecule has 0 radical (unpaired) electrons. The standard InChI is InChI=1S/C14H21ClN2O2/c1-9(2)11-6-10(7-12(15)17-11)13(18)16-8-14(3,4)19-5/h6-7,9H,8H2,1-5H3,(H,16,18). The number of carbonyl (C=O) groups excluding carboxylic acids is 1. The number of halogens is 1. The first-order valence-corrected chi connectivity index (χ1v) is 6.64. The SMILES string of the molecule is COC(C)(C)CNC(=O)c1cc(Cl)nc(C(C)C)c1. The van der Waals surface area contributed by atoms with Crippen molar-refractivity contribution >= 4 is 17.5 Å². The molecule has 5 heteroatoms. The van der Waals surface area contributed by atoms with E-state index in [2.05, 4.69) is 10.3 Å². The Morgan fingerprint density at radius 3 is 2.63 bits per heavy atom. The van der Waals surface area contributed by atoms with E-state index in [1.165, 1.54) is 0 Å². The second-order valence-corrected chi connectivity index (χ2v) is 5.79. The normalized spacial score (nSPS) is 11.7. The number of hydrogen-bond acceptors (Lipinski definition) is 3. The summed E-state index contributed by atoms with van der Waals surface area (Å²) in [7, 11) is 1.62. The predicted octanol–water partition coefficient (Wildman–Crippen LogP) is 3.01. The molecule has 0 aliphatic rings. The van der Waals surface area contributed by atoms with Crippen LogP contribution in [0.3, 0.4) is 0 Å². The van der Waals surface area contributed by atoms with Gasteiger partial charge in [0, 0.05) is 24.9 Å². The van der Waals surface area contributed by atoms with E-state index in [0.717, 1.165) is 5.69 Å². The van der Waals surface area contributed by atoms with Gasteiger partial charge in [0.15, 0.2) is 0 Å². The minimum absolute atomic E-state index is 0.170. The average molecular weight is 285 g/mol. The van der Waals surface area contributed by atoms with E-state index in [4.69, 9.17) is 16.3 Å². The van der Waals surface area contributed by atoms with E-state index < -0.39 is 5.60 Å². The minimum Gasteiger partial charge on any atom is -0.377 e. The lowest BCUT2D eigenvalue weighted by atomic mass is 10.1. The predicted molar refractivity (Wildman–Crippen MR) is 76.8 cm³/mol. The van der Waals surface area contributed by atoms with Crippen molar-refractivity contribution in [2.45, 2.75) is 39.2 Å². The van der Waals surface area contributed by atoms with Crippen LogP contribution in [-0.4, -0.2) is 30.1 Å². The van der Waals surface area contributed by atoms with Crippen molar-refractivity contribution in [1.82, 2.24) is 10.3 Å². The van der Waals surface area contributed by atoms with Gasteiger partial charge < -0.3 is 10.1 Å². The number of methoxy groups -OCH3 is 1. The summed E-state index contributed by atoms with van der Waals surface area (Å²) in [5.41, 5.74) is 0.937. The molecule has 0 saturated heterocycles. The molecular formula is C14H21ClN2O2. The van der Waals surface area contributed by atoms with Crippen molar-refractivity contribution < 1.29 is 9.53 Å². The Morgan fingerprint density at radius 1 is 1.47 bits per heavy atom. The molecule has 1 rings (SSSR count). The van der Waals surface area contributed by atoms with Crippen LogP contribution in [0, 0.1) is 0 Å². The number of pyridine rings is 1. The maximum Gasteiger partial charge on any atom is 0.251 e. The first-order valence-electron chi connectivity index (χ1n) is 6.26. The van der Waals surface area contributed by atoms with Gasteiger partial charge in [-0.3, -0.25) is 4.79 Å². The number of nitrogens with zero attached hydrogens (tertiary/aromatic N) is 1. The Balaban J connectivity index is 2.83. The van der Waals surface area contributed by atoms with E-state index in [1.54, 1.807) is 19.2 Å². The van der Waals surface area contributed by atoms with E-state index in [1.807, 2.05) is 27.7 Å². The molecular weight excluding hydrogens is 264 g/mol. The fourth-order valence-corrected chi connectivity index (χ4v) is 1.63. The fraction of sp³-hybridized carbons (Fsp3) is 0.571. The molecule has 1 aromatic heterocycles. The van der Waals surface area contributed by atoms with Gasteiger partial charge in [-0.05, 0) is 31.9 Å². The summed E-state index contributed by atoms with van der Waals surface area (Å²) in [5, 5.41) is 3.17. The van der Waals surface area contributed by atoms with Crippen molar-refractivity contribution in [1.29, 1.82) is 0 Å². The maximum atomic E-state index is 12.1. The lowest BCUT2D eigenvalue weighted by Crippen LogP contribution is -2.39. The van der Waals surface area contributed by atoms with Gasteiger partial charge in [-0.15, -0.1) is 0 Å². The highest BCUT2D eigenvalue weighted by Crippen LogP contribution is 2.17. The molecule has 0 unspecified atom stereocenters. The molecule has 0 atom stereocenters. The molecule has 4 nitrogen and oxygen atoms in total. The monoisotopic (exact) mass is 284 g/mol. The second kappa shape index (κ2) is 6.35. The Labute approximate surface area is 119 Å². The smallest absolute Gasteiger partial charge is 0.251 e. The van der Waals surface area contributed by atoms with Crippen LogP contribution in [0.25, 0.3) is 0 Å². The molecule has 0 aliphatic heterocycles. The number of carbonyl (C=O) groups is 1. The van der Waals surface area contributed by atoms with Crippen LogP contribution in [0.2, 0.25) is 5.15 Å². The maximum absolute atomic E-state index is 12.1. The third kappa shape index (κ3) is 4.80. The molecule has 1 heterocycles. The van der Waals surface area contributed by atoms with E-state index in [9.17, 15) is 4.79 Å². The molecule has 19 heavy (non-hydrogen) atoms. The van der Waals surface area contributed by atoms with Gasteiger partial charge in [-0.25, -0.2) is 4.98 Å². The molecule has 0 fully saturated rings. The third-order valence-corrected chi connectivity index (χ3v) is 3.09. The first kappa shape index (κ1) is 15.9. The molecule has 0 saturated carbocycles. The van der Waals surface area contributed by atoms with Gasteiger partial charge in [0.05, 0.1) is 5.60 Å². The summed E-state index contributed by atoms with van der Waals surface area (Å²) in [5.74, 6) is 0.0528. The van der Waals surface area contributed by atoms with Gasteiger partial charge >= 0.3 is 0 Å². The zero-order chi connectivity index (χ0) is 14.6. The highest BCUT2D eigenvalue weighted by Gasteiger charge is 2.18. The van der Waals surface area contributed by atoms with Crippen molar-refractivity contribution in [2.24, 2.45) is 0 Å². The Bertz CT molecular complexity index is 459. The van der Waals surface area contributed by atoms with E-state index in [0.29, 0.717) is 17.3 Å². The highest BCUT2D eigenvalue weighted by atomic mass is 35.5. The Kier molecular flexibility index (Phi) is 5.32. The van der Waals surface area contributed by atoms with Crippen LogP contribution in [0.5, 0.6) is 0 Å². The summed E-state index contributed by atoms with van der Waals surface area (Å²) in [6.07, 6.45) is 0. The number of nitrogens with one attached hydrogen (secondary N) is 1. The number of rotatable bonds is 5. The summed E-state index contributed by atoms with van der Waals surface area (Å²) >= 11 is 5.94. The topological polar surface area (TPSA) is 51.2 Å². The van der Waals surface area contributed by atoms with E-state index >= 15 is 0 Å². The Morgan fingerprint density at radius 2 is 2.11 bits per heavy atom. The van der Waals surface area contributed by atoms with Crippen LogP contribution < -0.4 is 5.32 Å². The summed E-state index contributed by atoms with van der Waals surface area (Å²) in [6, 6.07) is 3.34. The van der Waals surface area contributed by atoms with Crippen molar-refractivity contribution in [3.63, 3.8) is 0 Å². The molecule has 1 aromatic rings. The third-order valence-electron chi connectivity index (χ3n) is 2.89. The lowest BCUT2D eigenvalue weighted by molar-refractivity contribution is 0.0229. The summed E-state index contributed by atoms with van der Waals surface area (Å²) in [6.45, 7) is 8.26.